The molecule has 1 aromatic rings. The molecule has 1 saturated heterocycles. The van der Waals surface area contributed by atoms with Crippen LogP contribution in [0, 0.1) is 23.2 Å². The largest absolute Gasteiger partial charge is 0.416 e. The van der Waals surface area contributed by atoms with Crippen LogP contribution in [0.15, 0.2) is 18.2 Å². The Bertz CT molecular complexity index is 891. The molecule has 1 amide bonds. The van der Waals surface area contributed by atoms with Gasteiger partial charge in [0.2, 0.25) is 5.91 Å². The van der Waals surface area contributed by atoms with E-state index in [-0.39, 0.29) is 16.4 Å². The number of hydrogen-bond donors (Lipinski definition) is 2. The van der Waals surface area contributed by atoms with Crippen molar-refractivity contribution in [2.24, 2.45) is 23.2 Å². The zero-order valence-corrected chi connectivity index (χ0v) is 19.7. The zero-order valence-electron chi connectivity index (χ0n) is 18.8. The number of carbonyl (C=O) groups excluding carboxylic acids is 1. The van der Waals surface area contributed by atoms with Crippen molar-refractivity contribution in [2.45, 2.75) is 70.4 Å². The number of nitrogens with one attached hydrogen (secondary N) is 2. The Morgan fingerprint density at radius 2 is 1.64 bits per heavy atom. The third-order valence-electron chi connectivity index (χ3n) is 8.22. The van der Waals surface area contributed by atoms with Crippen molar-refractivity contribution in [3.8, 4) is 0 Å². The molecule has 4 nitrogen and oxygen atoms in total. The number of thiocarbonyl (C=S) groups is 1. The van der Waals surface area contributed by atoms with Crippen LogP contribution in [-0.4, -0.2) is 24.1 Å². The van der Waals surface area contributed by atoms with E-state index in [4.69, 9.17) is 12.2 Å². The number of carbonyl (C=O) groups is 1. The summed E-state index contributed by atoms with van der Waals surface area (Å²) in [4.78, 5) is 15.0. The zero-order chi connectivity index (χ0) is 23.2. The second-order valence-corrected chi connectivity index (χ2v) is 11.3. The van der Waals surface area contributed by atoms with E-state index in [1.807, 2.05) is 0 Å². The highest BCUT2D eigenvalue weighted by atomic mass is 32.1. The Labute approximate surface area is 198 Å². The average Bonchev–Trinajstić information content (AvgIpc) is 2.72. The number of piperidine rings is 1. The van der Waals surface area contributed by atoms with Crippen LogP contribution >= 0.6 is 12.2 Å². The van der Waals surface area contributed by atoms with Gasteiger partial charge in [0.15, 0.2) is 5.11 Å². The molecule has 0 spiro atoms. The van der Waals surface area contributed by atoms with Crippen molar-refractivity contribution in [2.75, 3.05) is 23.3 Å². The van der Waals surface area contributed by atoms with Gasteiger partial charge in [-0.2, -0.15) is 13.2 Å². The van der Waals surface area contributed by atoms with Crippen LogP contribution in [0.25, 0.3) is 0 Å². The smallest absolute Gasteiger partial charge is 0.370 e. The Morgan fingerprint density at radius 3 is 2.21 bits per heavy atom. The van der Waals surface area contributed by atoms with Gasteiger partial charge in [0.25, 0.3) is 0 Å². The molecule has 5 fully saturated rings. The molecule has 4 aliphatic carbocycles. The Hall–Kier alpha value is -1.83. The van der Waals surface area contributed by atoms with Crippen LogP contribution < -0.4 is 15.5 Å². The molecule has 0 radical (unpaired) electrons. The summed E-state index contributed by atoms with van der Waals surface area (Å²) in [6, 6.07) is 3.72. The predicted molar refractivity (Wildman–Crippen MR) is 127 cm³/mol. The van der Waals surface area contributed by atoms with Crippen molar-refractivity contribution in [3.63, 3.8) is 0 Å². The van der Waals surface area contributed by atoms with Gasteiger partial charge in [-0.15, -0.1) is 0 Å². The van der Waals surface area contributed by atoms with E-state index in [9.17, 15) is 18.0 Å². The minimum Gasteiger partial charge on any atom is -0.370 e. The summed E-state index contributed by atoms with van der Waals surface area (Å²) >= 11 is 5.38. The third kappa shape index (κ3) is 5.00. The second kappa shape index (κ2) is 8.75. The molecule has 0 atom stereocenters. The minimum absolute atomic E-state index is 0.0716. The molecular formula is C25H32F3N3OS. The van der Waals surface area contributed by atoms with E-state index in [1.165, 1.54) is 25.3 Å². The first-order chi connectivity index (χ1) is 15.7. The summed E-state index contributed by atoms with van der Waals surface area (Å²) in [5, 5.41) is 5.76. The Kier molecular flexibility index (Phi) is 6.08. The number of alkyl halides is 3. The van der Waals surface area contributed by atoms with Crippen molar-refractivity contribution in [1.29, 1.82) is 0 Å². The maximum Gasteiger partial charge on any atom is 0.416 e. The summed E-state index contributed by atoms with van der Waals surface area (Å²) in [6.07, 6.45) is 6.47. The highest BCUT2D eigenvalue weighted by molar-refractivity contribution is 7.80. The van der Waals surface area contributed by atoms with Gasteiger partial charge in [0.1, 0.15) is 0 Å². The lowest BCUT2D eigenvalue weighted by atomic mass is 9.49. The monoisotopic (exact) mass is 479 g/mol. The summed E-state index contributed by atoms with van der Waals surface area (Å²) in [6.45, 7) is 1.59. The van der Waals surface area contributed by atoms with Gasteiger partial charge in [-0.05, 0) is 111 Å². The van der Waals surface area contributed by atoms with Crippen molar-refractivity contribution in [3.05, 3.63) is 23.8 Å². The van der Waals surface area contributed by atoms with E-state index in [0.717, 1.165) is 81.5 Å². The Morgan fingerprint density at radius 1 is 1.03 bits per heavy atom. The van der Waals surface area contributed by atoms with Gasteiger partial charge >= 0.3 is 6.18 Å². The lowest BCUT2D eigenvalue weighted by Gasteiger charge is -2.56. The lowest BCUT2D eigenvalue weighted by Crippen LogP contribution is -2.48. The van der Waals surface area contributed by atoms with Gasteiger partial charge in [-0.1, -0.05) is 0 Å². The fourth-order valence-corrected chi connectivity index (χ4v) is 7.62. The topological polar surface area (TPSA) is 44.4 Å². The number of rotatable bonds is 4. The molecule has 6 rings (SSSR count). The van der Waals surface area contributed by atoms with Crippen LogP contribution in [0.5, 0.6) is 0 Å². The van der Waals surface area contributed by atoms with E-state index >= 15 is 0 Å². The molecule has 1 aromatic carbocycles. The number of nitrogens with zero attached hydrogens (tertiary/aromatic N) is 1. The van der Waals surface area contributed by atoms with Crippen molar-refractivity contribution in [1.82, 2.24) is 5.32 Å². The lowest BCUT2D eigenvalue weighted by molar-refractivity contribution is -0.137. The van der Waals surface area contributed by atoms with Crippen LogP contribution in [0.2, 0.25) is 0 Å². The van der Waals surface area contributed by atoms with Gasteiger partial charge in [-0.25, -0.2) is 0 Å². The number of benzene rings is 1. The molecule has 0 unspecified atom stereocenters. The van der Waals surface area contributed by atoms with Gasteiger partial charge < -0.3 is 15.5 Å². The average molecular weight is 480 g/mol. The normalized spacial score (nSPS) is 30.9. The standard InChI is InChI=1S/C25H32F3N3OS/c26-25(27,28)19-4-5-21(31-6-2-1-3-7-31)20(11-19)29-23(33)30-22(32)15-24-12-16-8-17(13-24)10-18(9-16)14-24/h4-5,11,16-18H,1-3,6-10,12-15H2,(H2,29,30,32,33). The molecule has 1 heterocycles. The Balaban J connectivity index is 1.27. The fourth-order valence-electron chi connectivity index (χ4n) is 7.39. The molecule has 0 aromatic heterocycles. The number of hydrogen-bond acceptors (Lipinski definition) is 3. The third-order valence-corrected chi connectivity index (χ3v) is 8.43. The molecule has 33 heavy (non-hydrogen) atoms. The summed E-state index contributed by atoms with van der Waals surface area (Å²) in [7, 11) is 0. The summed E-state index contributed by atoms with van der Waals surface area (Å²) in [5.74, 6) is 2.14. The molecule has 2 N–H and O–H groups in total. The highest BCUT2D eigenvalue weighted by Gasteiger charge is 2.51. The molecule has 4 bridgehead atoms. The van der Waals surface area contributed by atoms with E-state index in [1.54, 1.807) is 0 Å². The quantitative estimate of drug-likeness (QED) is 0.511. The SMILES string of the molecule is O=C(CC12CC3CC(CC(C3)C1)C2)NC(=S)Nc1cc(C(F)(F)F)ccc1N1CCCCC1. The first-order valence-corrected chi connectivity index (χ1v) is 12.7. The molecule has 1 aliphatic heterocycles. The summed E-state index contributed by atoms with van der Waals surface area (Å²) < 4.78 is 40.1. The van der Waals surface area contributed by atoms with Crippen LogP contribution in [-0.2, 0) is 11.0 Å². The van der Waals surface area contributed by atoms with Crippen LogP contribution in [0.3, 0.4) is 0 Å². The van der Waals surface area contributed by atoms with Gasteiger partial charge in [0, 0.05) is 19.5 Å². The fraction of sp³-hybridized carbons (Fsp3) is 0.680. The number of halogens is 3. The van der Waals surface area contributed by atoms with Crippen LogP contribution in [0.1, 0.15) is 69.8 Å². The maximum absolute atomic E-state index is 13.4. The van der Waals surface area contributed by atoms with Crippen molar-refractivity contribution < 1.29 is 18.0 Å². The second-order valence-electron chi connectivity index (χ2n) is 10.9. The predicted octanol–water partition coefficient (Wildman–Crippen LogP) is 6.12. The van der Waals surface area contributed by atoms with E-state index in [0.29, 0.717) is 17.8 Å². The number of amides is 1. The highest BCUT2D eigenvalue weighted by Crippen LogP contribution is 2.61. The summed E-state index contributed by atoms with van der Waals surface area (Å²) in [5.41, 5.74) is 0.351. The molecule has 180 valence electrons. The van der Waals surface area contributed by atoms with E-state index in [2.05, 4.69) is 15.5 Å². The van der Waals surface area contributed by atoms with Gasteiger partial charge in [0.05, 0.1) is 16.9 Å². The maximum atomic E-state index is 13.4. The molecule has 8 heteroatoms. The van der Waals surface area contributed by atoms with Gasteiger partial charge in [-0.3, -0.25) is 4.79 Å². The first kappa shape index (κ1) is 22.9. The van der Waals surface area contributed by atoms with Crippen molar-refractivity contribution >= 4 is 34.6 Å². The molecular weight excluding hydrogens is 447 g/mol. The van der Waals surface area contributed by atoms with Crippen LogP contribution in [0.4, 0.5) is 24.5 Å². The molecule has 5 aliphatic rings. The first-order valence-electron chi connectivity index (χ1n) is 12.3. The van der Waals surface area contributed by atoms with E-state index < -0.39 is 11.7 Å². The molecule has 4 saturated carbocycles. The number of anilines is 2. The minimum atomic E-state index is -4.44.